The molecule has 0 aromatic heterocycles. The highest BCUT2D eigenvalue weighted by atomic mass is 31.2. The number of hydrogen-bond acceptors (Lipinski definition) is 5. The number of rotatable bonds is 1. The molecule has 114 valence electrons. The zero-order valence-electron chi connectivity index (χ0n) is 12.2. The summed E-state index contributed by atoms with van der Waals surface area (Å²) in [6.45, 7) is 9.24. The van der Waals surface area contributed by atoms with E-state index in [1.807, 2.05) is 0 Å². The summed E-state index contributed by atoms with van der Waals surface area (Å²) in [6, 6.07) is 0. The Labute approximate surface area is 114 Å². The molecule has 1 rings (SSSR count). The minimum atomic E-state index is -3.70. The Morgan fingerprint density at radius 3 is 1.79 bits per heavy atom. The summed E-state index contributed by atoms with van der Waals surface area (Å²) in [5, 5.41) is 11.3. The minimum absolute atomic E-state index is 0.0399. The van der Waals surface area contributed by atoms with E-state index in [1.165, 1.54) is 11.5 Å². The third-order valence-corrected chi connectivity index (χ3v) is 3.50. The van der Waals surface area contributed by atoms with E-state index in [1.54, 1.807) is 0 Å². The van der Waals surface area contributed by atoms with Crippen LogP contribution in [0.3, 0.4) is 0 Å². The average molecular weight is 296 g/mol. The number of nitrogens with two attached hydrogens (primary N) is 1. The number of piperidine rings is 1. The Morgan fingerprint density at radius 2 is 1.63 bits per heavy atom. The summed E-state index contributed by atoms with van der Waals surface area (Å²) in [4.78, 5) is 17.9. The maximum absolute atomic E-state index is 10.1. The first-order valence-corrected chi connectivity index (χ1v) is 8.09. The summed E-state index contributed by atoms with van der Waals surface area (Å²) in [7, 11) is -3.70. The normalized spacial score (nSPS) is 24.6. The number of hydrogen-bond donors (Lipinski definition) is 3. The monoisotopic (exact) mass is 296 g/mol. The van der Waals surface area contributed by atoms with Crippen LogP contribution in [0, 0.1) is 0 Å². The van der Waals surface area contributed by atoms with Gasteiger partial charge in [0.2, 0.25) is 0 Å². The smallest absolute Gasteiger partial charge is 0.375 e. The van der Waals surface area contributed by atoms with Crippen molar-refractivity contribution >= 4 is 13.7 Å². The van der Waals surface area contributed by atoms with Crippen molar-refractivity contribution in [3.05, 3.63) is 0 Å². The summed E-state index contributed by atoms with van der Waals surface area (Å²) >= 11 is 0. The Balaban J connectivity index is 0.000000362. The van der Waals surface area contributed by atoms with Crippen LogP contribution in [-0.4, -0.2) is 39.0 Å². The molecule has 1 unspecified atom stereocenters. The molecule has 1 fully saturated rings. The van der Waals surface area contributed by atoms with E-state index in [0.717, 1.165) is 19.5 Å². The predicted molar refractivity (Wildman–Crippen MR) is 72.1 cm³/mol. The van der Waals surface area contributed by atoms with E-state index in [-0.39, 0.29) is 11.1 Å². The zero-order valence-corrected chi connectivity index (χ0v) is 13.1. The molecule has 0 bridgehead atoms. The SMILES string of the molecule is CC1(C)CCCC(C)(C)N1O.CP(=O)(O)OC(N)=O. The third kappa shape index (κ3) is 6.92. The molecule has 0 aliphatic carbocycles. The van der Waals surface area contributed by atoms with Gasteiger partial charge in [0.15, 0.2) is 0 Å². The highest BCUT2D eigenvalue weighted by Gasteiger charge is 2.40. The van der Waals surface area contributed by atoms with Gasteiger partial charge in [-0.3, -0.25) is 0 Å². The zero-order chi connectivity index (χ0) is 15.5. The van der Waals surface area contributed by atoms with Crippen LogP contribution in [0.1, 0.15) is 47.0 Å². The van der Waals surface area contributed by atoms with Crippen molar-refractivity contribution in [3.8, 4) is 0 Å². The highest BCUT2D eigenvalue weighted by Crippen LogP contribution is 2.36. The standard InChI is InChI=1S/C9H19NO.C2H6NO4P/c1-8(2)6-5-7-9(3,4)10(8)11;1-8(5,6)7-2(3)4/h11H,5-7H2,1-4H3;1H3,(H2,3,4)(H,5,6). The number of amides is 1. The second-order valence-electron chi connectivity index (χ2n) is 6.00. The molecular weight excluding hydrogens is 271 g/mol. The molecule has 0 aromatic rings. The van der Waals surface area contributed by atoms with Gasteiger partial charge in [0.05, 0.1) is 0 Å². The second kappa shape index (κ2) is 6.22. The number of hydroxylamine groups is 2. The summed E-state index contributed by atoms with van der Waals surface area (Å²) in [6.07, 6.45) is 2.16. The first kappa shape index (κ1) is 18.4. The molecule has 8 heteroatoms. The fourth-order valence-corrected chi connectivity index (χ4v) is 2.49. The van der Waals surface area contributed by atoms with Crippen molar-refractivity contribution in [1.82, 2.24) is 5.06 Å². The van der Waals surface area contributed by atoms with Gasteiger partial charge in [0.25, 0.3) is 0 Å². The Bertz CT molecular complexity index is 348. The summed E-state index contributed by atoms with van der Waals surface area (Å²) in [5.41, 5.74) is 4.31. The Hall–Kier alpha value is -0.620. The maximum Gasteiger partial charge on any atom is 0.411 e. The van der Waals surface area contributed by atoms with Gasteiger partial charge in [0, 0.05) is 17.7 Å². The number of carbonyl (C=O) groups is 1. The molecule has 0 spiro atoms. The van der Waals surface area contributed by atoms with Crippen molar-refractivity contribution in [2.45, 2.75) is 58.0 Å². The van der Waals surface area contributed by atoms with E-state index in [4.69, 9.17) is 4.89 Å². The largest absolute Gasteiger partial charge is 0.411 e. The maximum atomic E-state index is 10.1. The van der Waals surface area contributed by atoms with Crippen LogP contribution < -0.4 is 5.73 Å². The van der Waals surface area contributed by atoms with Gasteiger partial charge in [-0.05, 0) is 47.0 Å². The number of carbonyl (C=O) groups excluding carboxylic acids is 1. The lowest BCUT2D eigenvalue weighted by atomic mass is 9.82. The van der Waals surface area contributed by atoms with Gasteiger partial charge in [-0.15, -0.1) is 0 Å². The van der Waals surface area contributed by atoms with Crippen molar-refractivity contribution in [2.75, 3.05) is 6.66 Å². The van der Waals surface area contributed by atoms with Crippen LogP contribution in [0.25, 0.3) is 0 Å². The van der Waals surface area contributed by atoms with Crippen LogP contribution in [0.5, 0.6) is 0 Å². The molecule has 0 saturated carbocycles. The minimum Gasteiger partial charge on any atom is -0.375 e. The van der Waals surface area contributed by atoms with Gasteiger partial charge < -0.3 is 20.4 Å². The first-order valence-electron chi connectivity index (χ1n) is 6.06. The van der Waals surface area contributed by atoms with Gasteiger partial charge in [-0.2, -0.15) is 5.06 Å². The molecule has 0 radical (unpaired) electrons. The van der Waals surface area contributed by atoms with E-state index in [2.05, 4.69) is 38.0 Å². The van der Waals surface area contributed by atoms with Crippen molar-refractivity contribution in [3.63, 3.8) is 0 Å². The third-order valence-electron chi connectivity index (χ3n) is 2.98. The van der Waals surface area contributed by atoms with Crippen molar-refractivity contribution < 1.29 is 24.0 Å². The summed E-state index contributed by atoms with van der Waals surface area (Å²) in [5.74, 6) is 0. The highest BCUT2D eigenvalue weighted by molar-refractivity contribution is 7.52. The van der Waals surface area contributed by atoms with E-state index < -0.39 is 13.7 Å². The molecule has 0 aromatic carbocycles. The lowest BCUT2D eigenvalue weighted by molar-refractivity contribution is -0.241. The van der Waals surface area contributed by atoms with E-state index >= 15 is 0 Å². The van der Waals surface area contributed by atoms with Crippen LogP contribution >= 0.6 is 7.60 Å². The van der Waals surface area contributed by atoms with Crippen LogP contribution in [0.15, 0.2) is 0 Å². The van der Waals surface area contributed by atoms with Crippen LogP contribution in [0.4, 0.5) is 4.79 Å². The lowest BCUT2D eigenvalue weighted by Gasteiger charge is -2.48. The fourth-order valence-electron chi connectivity index (χ4n) is 2.15. The number of nitrogens with zero attached hydrogens (tertiary/aromatic N) is 1. The fraction of sp³-hybridized carbons (Fsp3) is 0.909. The van der Waals surface area contributed by atoms with E-state index in [9.17, 15) is 14.6 Å². The average Bonchev–Trinajstić information content (AvgIpc) is 2.10. The molecular formula is C11H25N2O5P. The van der Waals surface area contributed by atoms with Gasteiger partial charge in [-0.25, -0.2) is 9.36 Å². The molecule has 19 heavy (non-hydrogen) atoms. The van der Waals surface area contributed by atoms with Crippen molar-refractivity contribution in [1.29, 1.82) is 0 Å². The molecule has 1 saturated heterocycles. The molecule has 4 N–H and O–H groups in total. The molecule has 1 atom stereocenters. The van der Waals surface area contributed by atoms with Gasteiger partial charge in [0.1, 0.15) is 0 Å². The second-order valence-corrected chi connectivity index (χ2v) is 7.79. The lowest BCUT2D eigenvalue weighted by Crippen LogP contribution is -2.56. The van der Waals surface area contributed by atoms with Crippen molar-refractivity contribution in [2.24, 2.45) is 5.73 Å². The molecule has 1 aliphatic heterocycles. The molecule has 7 nitrogen and oxygen atoms in total. The van der Waals surface area contributed by atoms with Gasteiger partial charge in [-0.1, -0.05) is 0 Å². The molecule has 1 heterocycles. The summed E-state index contributed by atoms with van der Waals surface area (Å²) < 4.78 is 13.7. The number of primary amides is 1. The topological polar surface area (TPSA) is 113 Å². The first-order chi connectivity index (χ1) is 8.28. The molecule has 1 aliphatic rings. The van der Waals surface area contributed by atoms with Crippen LogP contribution in [-0.2, 0) is 9.09 Å². The van der Waals surface area contributed by atoms with Crippen LogP contribution in [0.2, 0.25) is 0 Å². The predicted octanol–water partition coefficient (Wildman–Crippen LogP) is 2.32. The Morgan fingerprint density at radius 1 is 1.26 bits per heavy atom. The van der Waals surface area contributed by atoms with Gasteiger partial charge >= 0.3 is 13.7 Å². The molecule has 1 amide bonds. The van der Waals surface area contributed by atoms with E-state index in [0.29, 0.717) is 0 Å². The Kier molecular flexibility index (Phi) is 6.02. The quantitative estimate of drug-likeness (QED) is 0.640.